The largest absolute Gasteiger partial charge is 0.465 e. The molecule has 2 aliphatic heterocycles. The van der Waals surface area contributed by atoms with Gasteiger partial charge in [0, 0.05) is 24.1 Å². The van der Waals surface area contributed by atoms with Crippen LogP contribution in [0.1, 0.15) is 46.1 Å². The molecule has 0 bridgehead atoms. The number of para-hydroxylation sites is 1. The van der Waals surface area contributed by atoms with Gasteiger partial charge >= 0.3 is 11.9 Å². The molecule has 180 valence electrons. The van der Waals surface area contributed by atoms with Gasteiger partial charge in [0.05, 0.1) is 18.8 Å². The van der Waals surface area contributed by atoms with Gasteiger partial charge in [-0.3, -0.25) is 19.3 Å². The minimum Gasteiger partial charge on any atom is -0.465 e. The van der Waals surface area contributed by atoms with Crippen LogP contribution in [-0.2, 0) is 38.8 Å². The summed E-state index contributed by atoms with van der Waals surface area (Å²) < 4.78 is 16.2. The third-order valence-electron chi connectivity index (χ3n) is 6.30. The summed E-state index contributed by atoms with van der Waals surface area (Å²) in [6.07, 6.45) is 0.500. The minimum absolute atomic E-state index is 0.0287. The van der Waals surface area contributed by atoms with Crippen LogP contribution in [0.3, 0.4) is 0 Å². The van der Waals surface area contributed by atoms with Crippen molar-refractivity contribution in [1.82, 2.24) is 0 Å². The van der Waals surface area contributed by atoms with Crippen molar-refractivity contribution in [3.8, 4) is 0 Å². The molecule has 0 aromatic heterocycles. The maximum absolute atomic E-state index is 14.3. The van der Waals surface area contributed by atoms with Crippen molar-refractivity contribution >= 4 is 29.3 Å². The molecule has 2 N–H and O–H groups in total. The predicted octanol–water partition coefficient (Wildman–Crippen LogP) is 2.24. The fourth-order valence-electron chi connectivity index (χ4n) is 5.15. The lowest BCUT2D eigenvalue weighted by Gasteiger charge is -2.42. The van der Waals surface area contributed by atoms with E-state index in [0.29, 0.717) is 17.7 Å². The van der Waals surface area contributed by atoms with Gasteiger partial charge < -0.3 is 19.9 Å². The van der Waals surface area contributed by atoms with Crippen LogP contribution in [0.25, 0.3) is 0 Å². The number of carbonyl (C=O) groups excluding carboxylic acids is 4. The zero-order valence-corrected chi connectivity index (χ0v) is 19.7. The molecule has 0 saturated heterocycles. The average molecular weight is 469 g/mol. The van der Waals surface area contributed by atoms with Gasteiger partial charge in [-0.05, 0) is 25.3 Å². The molecule has 1 spiro atoms. The normalized spacial score (nSPS) is 23.0. The number of hydrogen-bond donors (Lipinski definition) is 1. The van der Waals surface area contributed by atoms with Crippen molar-refractivity contribution in [2.24, 2.45) is 11.1 Å². The molecule has 1 aromatic carbocycles. The van der Waals surface area contributed by atoms with Crippen LogP contribution < -0.4 is 10.6 Å². The molecule has 4 rings (SSSR count). The smallest absolute Gasteiger partial charge is 0.341 e. The van der Waals surface area contributed by atoms with E-state index in [9.17, 15) is 19.2 Å². The highest BCUT2D eigenvalue weighted by molar-refractivity contribution is 6.24. The maximum Gasteiger partial charge on any atom is 0.341 e. The summed E-state index contributed by atoms with van der Waals surface area (Å²) >= 11 is 0. The number of benzene rings is 1. The second-order valence-electron chi connectivity index (χ2n) is 9.26. The van der Waals surface area contributed by atoms with Crippen molar-refractivity contribution in [3.05, 3.63) is 52.6 Å². The Balaban J connectivity index is 2.02. The number of nitrogens with two attached hydrogens (primary N) is 1. The van der Waals surface area contributed by atoms with Gasteiger partial charge in [0.1, 0.15) is 23.3 Å². The Morgan fingerprint density at radius 1 is 1.09 bits per heavy atom. The molecular formula is C25H28N2O7. The quantitative estimate of drug-likeness (QED) is 0.652. The number of nitrogens with zero attached hydrogens (tertiary/aromatic N) is 1. The number of carbonyl (C=O) groups is 4. The van der Waals surface area contributed by atoms with E-state index in [-0.39, 0.29) is 54.8 Å². The number of Topliss-reactive ketones (excluding diaryl/α,β-unsaturated/α-hetero) is 1. The van der Waals surface area contributed by atoms with Crippen LogP contribution in [-0.4, -0.2) is 43.4 Å². The first-order valence-corrected chi connectivity index (χ1v) is 11.3. The zero-order valence-electron chi connectivity index (χ0n) is 19.7. The van der Waals surface area contributed by atoms with Gasteiger partial charge in [0.15, 0.2) is 5.78 Å². The van der Waals surface area contributed by atoms with Crippen LogP contribution in [0, 0.1) is 5.41 Å². The molecule has 0 radical (unpaired) electrons. The van der Waals surface area contributed by atoms with Crippen LogP contribution in [0.5, 0.6) is 0 Å². The number of allylic oxidation sites excluding steroid dienone is 1. The number of amides is 1. The van der Waals surface area contributed by atoms with Gasteiger partial charge in [-0.2, -0.15) is 0 Å². The summed E-state index contributed by atoms with van der Waals surface area (Å²) in [5.41, 5.74) is 4.56. The number of hydrogen-bond acceptors (Lipinski definition) is 8. The summed E-state index contributed by atoms with van der Waals surface area (Å²) in [6.45, 7) is 6.92. The van der Waals surface area contributed by atoms with E-state index < -0.39 is 28.7 Å². The van der Waals surface area contributed by atoms with E-state index >= 15 is 0 Å². The van der Waals surface area contributed by atoms with E-state index in [1.54, 1.807) is 38.1 Å². The molecule has 2 heterocycles. The number of ketones is 1. The van der Waals surface area contributed by atoms with Crippen molar-refractivity contribution < 1.29 is 33.4 Å². The van der Waals surface area contributed by atoms with E-state index in [4.69, 9.17) is 19.9 Å². The van der Waals surface area contributed by atoms with Gasteiger partial charge in [0.2, 0.25) is 11.8 Å². The highest BCUT2D eigenvalue weighted by Crippen LogP contribution is 2.57. The third kappa shape index (κ3) is 3.38. The topological polar surface area (TPSA) is 125 Å². The number of ether oxygens (including phenoxy) is 3. The maximum atomic E-state index is 14.3. The number of anilines is 1. The number of fused-ring (bicyclic) bond motifs is 3. The molecule has 0 saturated carbocycles. The molecule has 1 amide bonds. The van der Waals surface area contributed by atoms with Crippen LogP contribution in [0.4, 0.5) is 5.69 Å². The molecule has 1 aliphatic carbocycles. The fraction of sp³-hybridized carbons (Fsp3) is 0.440. The molecule has 1 atom stereocenters. The monoisotopic (exact) mass is 468 g/mol. The average Bonchev–Trinajstić information content (AvgIpc) is 2.96. The molecule has 0 fully saturated rings. The van der Waals surface area contributed by atoms with Crippen molar-refractivity contribution in [2.45, 2.75) is 46.0 Å². The third-order valence-corrected chi connectivity index (χ3v) is 6.30. The Morgan fingerprint density at radius 3 is 2.44 bits per heavy atom. The summed E-state index contributed by atoms with van der Waals surface area (Å²) in [5.74, 6) is -2.46. The standard InChI is InChI=1S/C25H28N2O7/c1-5-32-18(29)13-27-15-10-8-7-9-14(15)25(23(27)31)19-16(28)11-24(3,4)12-17(19)34-21(26)20(25)22(30)33-6-2/h7-10H,5-6,11-13,26H2,1-4H3/t25-/m1/s1. The van der Waals surface area contributed by atoms with Crippen molar-refractivity contribution in [2.75, 3.05) is 24.7 Å². The fourth-order valence-corrected chi connectivity index (χ4v) is 5.15. The van der Waals surface area contributed by atoms with Crippen LogP contribution >= 0.6 is 0 Å². The summed E-state index contributed by atoms with van der Waals surface area (Å²) in [5, 5.41) is 0. The Morgan fingerprint density at radius 2 is 1.76 bits per heavy atom. The van der Waals surface area contributed by atoms with Gasteiger partial charge in [0.25, 0.3) is 0 Å². The number of esters is 2. The van der Waals surface area contributed by atoms with Crippen molar-refractivity contribution in [1.29, 1.82) is 0 Å². The van der Waals surface area contributed by atoms with Crippen LogP contribution in [0.2, 0.25) is 0 Å². The summed E-state index contributed by atoms with van der Waals surface area (Å²) in [4.78, 5) is 54.8. The Hall–Kier alpha value is -3.62. The minimum atomic E-state index is -1.87. The Kier molecular flexibility index (Phi) is 5.75. The van der Waals surface area contributed by atoms with Crippen molar-refractivity contribution in [3.63, 3.8) is 0 Å². The first kappa shape index (κ1) is 23.5. The van der Waals surface area contributed by atoms with Gasteiger partial charge in [-0.25, -0.2) is 4.79 Å². The molecule has 3 aliphatic rings. The lowest BCUT2D eigenvalue weighted by Crippen LogP contribution is -2.53. The molecule has 9 nitrogen and oxygen atoms in total. The first-order valence-electron chi connectivity index (χ1n) is 11.3. The highest BCUT2D eigenvalue weighted by Gasteiger charge is 2.64. The lowest BCUT2D eigenvalue weighted by atomic mass is 9.62. The van der Waals surface area contributed by atoms with Gasteiger partial charge in [-0.1, -0.05) is 32.0 Å². The molecular weight excluding hydrogens is 440 g/mol. The van der Waals surface area contributed by atoms with E-state index in [2.05, 4.69) is 0 Å². The predicted molar refractivity (Wildman–Crippen MR) is 121 cm³/mol. The summed E-state index contributed by atoms with van der Waals surface area (Å²) in [7, 11) is 0. The number of rotatable bonds is 5. The SMILES string of the molecule is CCOC(=O)CN1C(=O)[C@]2(C(C(=O)OCC)=C(N)OC3=C2C(=O)CC(C)(C)C3)c2ccccc21. The van der Waals surface area contributed by atoms with E-state index in [1.165, 1.54) is 4.90 Å². The van der Waals surface area contributed by atoms with E-state index in [1.807, 2.05) is 13.8 Å². The second kappa shape index (κ2) is 8.30. The van der Waals surface area contributed by atoms with Gasteiger partial charge in [-0.15, -0.1) is 0 Å². The molecule has 9 heteroatoms. The Bertz CT molecular complexity index is 1160. The second-order valence-corrected chi connectivity index (χ2v) is 9.26. The van der Waals surface area contributed by atoms with E-state index in [0.717, 1.165) is 0 Å². The van der Waals surface area contributed by atoms with Crippen LogP contribution in [0.15, 0.2) is 47.1 Å². The lowest BCUT2D eigenvalue weighted by molar-refractivity contribution is -0.142. The summed E-state index contributed by atoms with van der Waals surface area (Å²) in [6, 6.07) is 6.73. The highest BCUT2D eigenvalue weighted by atomic mass is 16.5. The molecule has 1 aromatic rings. The Labute approximate surface area is 197 Å². The molecule has 34 heavy (non-hydrogen) atoms. The first-order chi connectivity index (χ1) is 16.1. The molecule has 0 unspecified atom stereocenters. The zero-order chi connectivity index (χ0) is 24.8.